The van der Waals surface area contributed by atoms with Crippen molar-refractivity contribution >= 4 is 17.4 Å². The van der Waals surface area contributed by atoms with Gasteiger partial charge in [0, 0.05) is 17.4 Å². The summed E-state index contributed by atoms with van der Waals surface area (Å²) >= 11 is 0. The molecule has 104 valence electrons. The van der Waals surface area contributed by atoms with Gasteiger partial charge in [-0.1, -0.05) is 24.3 Å². The maximum Gasteiger partial charge on any atom is 0.323 e. The highest BCUT2D eigenvalue weighted by atomic mass is 16.2. The summed E-state index contributed by atoms with van der Waals surface area (Å²) in [5, 5.41) is 5.58. The molecule has 0 saturated heterocycles. The average molecular weight is 269 g/mol. The normalized spacial score (nSPS) is 11.8. The maximum absolute atomic E-state index is 11.9. The molecule has 0 spiro atoms. The Labute approximate surface area is 119 Å². The molecule has 2 amide bonds. The van der Waals surface area contributed by atoms with Gasteiger partial charge in [-0.05, 0) is 49.2 Å². The van der Waals surface area contributed by atoms with Crippen LogP contribution in [0, 0.1) is 6.92 Å². The molecule has 0 heterocycles. The second-order valence-corrected chi connectivity index (χ2v) is 4.86. The molecule has 0 aliphatic carbocycles. The summed E-state index contributed by atoms with van der Waals surface area (Å²) in [5.74, 6) is 0. The first-order valence-electron chi connectivity index (χ1n) is 6.55. The molecular weight excluding hydrogens is 250 g/mol. The second-order valence-electron chi connectivity index (χ2n) is 4.86. The van der Waals surface area contributed by atoms with Gasteiger partial charge in [0.15, 0.2) is 0 Å². The van der Waals surface area contributed by atoms with Crippen LogP contribution in [0.5, 0.6) is 0 Å². The van der Waals surface area contributed by atoms with Gasteiger partial charge in [-0.15, -0.1) is 0 Å². The van der Waals surface area contributed by atoms with Crippen LogP contribution in [-0.4, -0.2) is 6.03 Å². The van der Waals surface area contributed by atoms with E-state index in [2.05, 4.69) is 10.6 Å². The number of amides is 2. The lowest BCUT2D eigenvalue weighted by Gasteiger charge is -2.10. The monoisotopic (exact) mass is 269 g/mol. The minimum Gasteiger partial charge on any atom is -0.324 e. The summed E-state index contributed by atoms with van der Waals surface area (Å²) in [6, 6.07) is 14.9. The Morgan fingerprint density at radius 3 is 2.30 bits per heavy atom. The number of aryl methyl sites for hydroxylation is 1. The van der Waals surface area contributed by atoms with Crippen LogP contribution in [-0.2, 0) is 0 Å². The van der Waals surface area contributed by atoms with Gasteiger partial charge in [0.1, 0.15) is 0 Å². The number of benzene rings is 2. The summed E-state index contributed by atoms with van der Waals surface area (Å²) in [6.07, 6.45) is 0. The third-order valence-corrected chi connectivity index (χ3v) is 2.97. The quantitative estimate of drug-likeness (QED) is 0.796. The fourth-order valence-electron chi connectivity index (χ4n) is 1.89. The highest BCUT2D eigenvalue weighted by Crippen LogP contribution is 2.15. The molecule has 2 rings (SSSR count). The molecule has 0 aromatic heterocycles. The van der Waals surface area contributed by atoms with E-state index in [1.54, 1.807) is 0 Å². The highest BCUT2D eigenvalue weighted by Gasteiger charge is 2.04. The minimum atomic E-state index is -0.260. The number of nitrogens with one attached hydrogen (secondary N) is 2. The lowest BCUT2D eigenvalue weighted by atomic mass is 10.1. The second kappa shape index (κ2) is 6.21. The molecule has 4 heteroatoms. The summed E-state index contributed by atoms with van der Waals surface area (Å²) < 4.78 is 0. The van der Waals surface area contributed by atoms with E-state index in [9.17, 15) is 4.79 Å². The van der Waals surface area contributed by atoms with Crippen molar-refractivity contribution in [3.63, 3.8) is 0 Å². The van der Waals surface area contributed by atoms with Crippen LogP contribution in [0.3, 0.4) is 0 Å². The number of urea groups is 1. The van der Waals surface area contributed by atoms with Crippen molar-refractivity contribution in [1.82, 2.24) is 0 Å². The molecule has 0 fully saturated rings. The number of rotatable bonds is 3. The van der Waals surface area contributed by atoms with E-state index in [1.807, 2.05) is 62.4 Å². The van der Waals surface area contributed by atoms with Gasteiger partial charge >= 0.3 is 6.03 Å². The molecule has 0 aliphatic heterocycles. The van der Waals surface area contributed by atoms with Gasteiger partial charge in [-0.25, -0.2) is 4.79 Å². The standard InChI is InChI=1S/C16H19N3O/c1-11-4-3-5-15(10-11)19-16(20)18-14-8-6-13(7-9-14)12(2)17/h3-10,12H,17H2,1-2H3,(H2,18,19,20). The van der Waals surface area contributed by atoms with Gasteiger partial charge in [0.2, 0.25) is 0 Å². The number of nitrogens with two attached hydrogens (primary N) is 1. The van der Waals surface area contributed by atoms with Crippen molar-refractivity contribution in [3.05, 3.63) is 59.7 Å². The summed E-state index contributed by atoms with van der Waals surface area (Å²) in [6.45, 7) is 3.91. The Morgan fingerprint density at radius 1 is 1.05 bits per heavy atom. The summed E-state index contributed by atoms with van der Waals surface area (Å²) in [5.41, 5.74) is 9.43. The van der Waals surface area contributed by atoms with E-state index in [4.69, 9.17) is 5.73 Å². The number of hydrogen-bond donors (Lipinski definition) is 3. The topological polar surface area (TPSA) is 67.2 Å². The van der Waals surface area contributed by atoms with Crippen molar-refractivity contribution in [3.8, 4) is 0 Å². The summed E-state index contributed by atoms with van der Waals surface area (Å²) in [7, 11) is 0. The van der Waals surface area contributed by atoms with Crippen LogP contribution in [0.1, 0.15) is 24.1 Å². The first kappa shape index (κ1) is 14.1. The molecule has 2 aromatic carbocycles. The molecule has 1 unspecified atom stereocenters. The predicted molar refractivity (Wildman–Crippen MR) is 82.9 cm³/mol. The molecule has 0 bridgehead atoms. The molecule has 20 heavy (non-hydrogen) atoms. The van der Waals surface area contributed by atoms with E-state index >= 15 is 0 Å². The van der Waals surface area contributed by atoms with Gasteiger partial charge in [0.25, 0.3) is 0 Å². The van der Waals surface area contributed by atoms with Gasteiger partial charge in [-0.2, -0.15) is 0 Å². The number of carbonyl (C=O) groups excluding carboxylic acids is 1. The molecule has 0 aliphatic rings. The Balaban J connectivity index is 1.97. The SMILES string of the molecule is Cc1cccc(NC(=O)Nc2ccc(C(C)N)cc2)c1. The van der Waals surface area contributed by atoms with Crippen LogP contribution in [0.25, 0.3) is 0 Å². The number of carbonyl (C=O) groups is 1. The first-order valence-corrected chi connectivity index (χ1v) is 6.55. The van der Waals surface area contributed by atoms with E-state index in [1.165, 1.54) is 0 Å². The fraction of sp³-hybridized carbons (Fsp3) is 0.188. The van der Waals surface area contributed by atoms with E-state index in [-0.39, 0.29) is 12.1 Å². The third-order valence-electron chi connectivity index (χ3n) is 2.97. The van der Waals surface area contributed by atoms with E-state index in [0.717, 1.165) is 22.5 Å². The Hall–Kier alpha value is -2.33. The molecule has 0 saturated carbocycles. The first-order chi connectivity index (χ1) is 9.54. The number of anilines is 2. The zero-order valence-corrected chi connectivity index (χ0v) is 11.7. The number of hydrogen-bond acceptors (Lipinski definition) is 2. The molecule has 2 aromatic rings. The maximum atomic E-state index is 11.9. The van der Waals surface area contributed by atoms with Crippen LogP contribution >= 0.6 is 0 Å². The largest absolute Gasteiger partial charge is 0.324 e. The fourth-order valence-corrected chi connectivity index (χ4v) is 1.89. The average Bonchev–Trinajstić information content (AvgIpc) is 2.39. The van der Waals surface area contributed by atoms with Crippen LogP contribution in [0.4, 0.5) is 16.2 Å². The van der Waals surface area contributed by atoms with Gasteiger partial charge < -0.3 is 16.4 Å². The smallest absolute Gasteiger partial charge is 0.323 e. The van der Waals surface area contributed by atoms with Crippen molar-refractivity contribution in [1.29, 1.82) is 0 Å². The zero-order valence-electron chi connectivity index (χ0n) is 11.7. The van der Waals surface area contributed by atoms with Crippen molar-refractivity contribution in [2.24, 2.45) is 5.73 Å². The van der Waals surface area contributed by atoms with Gasteiger partial charge in [-0.3, -0.25) is 0 Å². The van der Waals surface area contributed by atoms with Crippen LogP contribution in [0.15, 0.2) is 48.5 Å². The lowest BCUT2D eigenvalue weighted by molar-refractivity contribution is 0.262. The van der Waals surface area contributed by atoms with Crippen molar-refractivity contribution in [2.75, 3.05) is 10.6 Å². The summed E-state index contributed by atoms with van der Waals surface area (Å²) in [4.78, 5) is 11.9. The minimum absolute atomic E-state index is 0.00910. The molecule has 4 N–H and O–H groups in total. The highest BCUT2D eigenvalue weighted by molar-refractivity contribution is 5.99. The van der Waals surface area contributed by atoms with E-state index in [0.29, 0.717) is 0 Å². The van der Waals surface area contributed by atoms with Crippen molar-refractivity contribution < 1.29 is 4.79 Å². The van der Waals surface area contributed by atoms with E-state index < -0.39 is 0 Å². The van der Waals surface area contributed by atoms with Crippen LogP contribution < -0.4 is 16.4 Å². The van der Waals surface area contributed by atoms with Gasteiger partial charge in [0.05, 0.1) is 0 Å². The Morgan fingerprint density at radius 2 is 1.70 bits per heavy atom. The molecular formula is C16H19N3O. The van der Waals surface area contributed by atoms with Crippen LogP contribution in [0.2, 0.25) is 0 Å². The Bertz CT molecular complexity index is 591. The lowest BCUT2D eigenvalue weighted by Crippen LogP contribution is -2.19. The molecule has 1 atom stereocenters. The van der Waals surface area contributed by atoms with Crippen molar-refractivity contribution in [2.45, 2.75) is 19.9 Å². The Kier molecular flexibility index (Phi) is 4.38. The third kappa shape index (κ3) is 3.83. The molecule has 0 radical (unpaired) electrons. The molecule has 4 nitrogen and oxygen atoms in total. The zero-order chi connectivity index (χ0) is 14.5. The predicted octanol–water partition coefficient (Wildman–Crippen LogP) is 3.66.